The summed E-state index contributed by atoms with van der Waals surface area (Å²) < 4.78 is 18.1. The third-order valence-corrected chi connectivity index (χ3v) is 2.96. The van der Waals surface area contributed by atoms with E-state index in [1.807, 2.05) is 0 Å². The SMILES string of the molecule is CC(C(N)=O)C1CN(c2cccc(F)c2)C(=O)O1. The van der Waals surface area contributed by atoms with E-state index in [1.54, 1.807) is 13.0 Å². The minimum absolute atomic E-state index is 0.187. The highest BCUT2D eigenvalue weighted by molar-refractivity contribution is 5.90. The molecule has 2 amide bonds. The van der Waals surface area contributed by atoms with Gasteiger partial charge in [0.25, 0.3) is 0 Å². The monoisotopic (exact) mass is 252 g/mol. The van der Waals surface area contributed by atoms with Gasteiger partial charge in [0.2, 0.25) is 5.91 Å². The largest absolute Gasteiger partial charge is 0.443 e. The van der Waals surface area contributed by atoms with Crippen LogP contribution in [0.2, 0.25) is 0 Å². The second-order valence-corrected chi connectivity index (χ2v) is 4.20. The molecule has 2 N–H and O–H groups in total. The molecule has 1 saturated heterocycles. The molecule has 1 heterocycles. The maximum Gasteiger partial charge on any atom is 0.414 e. The minimum Gasteiger partial charge on any atom is -0.443 e. The van der Waals surface area contributed by atoms with Gasteiger partial charge < -0.3 is 10.5 Å². The smallest absolute Gasteiger partial charge is 0.414 e. The van der Waals surface area contributed by atoms with Crippen molar-refractivity contribution in [2.24, 2.45) is 11.7 Å². The number of primary amides is 1. The first-order chi connectivity index (χ1) is 8.49. The Labute approximate surface area is 103 Å². The fourth-order valence-corrected chi connectivity index (χ4v) is 1.78. The van der Waals surface area contributed by atoms with Gasteiger partial charge in [0.1, 0.15) is 11.9 Å². The number of ether oxygens (including phenoxy) is 1. The summed E-state index contributed by atoms with van der Waals surface area (Å²) in [5.41, 5.74) is 5.56. The van der Waals surface area contributed by atoms with E-state index in [0.29, 0.717) is 5.69 Å². The van der Waals surface area contributed by atoms with Crippen LogP contribution in [0.15, 0.2) is 24.3 Å². The van der Waals surface area contributed by atoms with Crippen LogP contribution in [0.25, 0.3) is 0 Å². The van der Waals surface area contributed by atoms with Crippen molar-refractivity contribution >= 4 is 17.7 Å². The topological polar surface area (TPSA) is 72.6 Å². The third kappa shape index (κ3) is 2.27. The number of cyclic esters (lactones) is 1. The van der Waals surface area contributed by atoms with Crippen LogP contribution in [0.5, 0.6) is 0 Å². The summed E-state index contributed by atoms with van der Waals surface area (Å²) in [6, 6.07) is 5.62. The molecule has 0 radical (unpaired) electrons. The van der Waals surface area contributed by atoms with Crippen molar-refractivity contribution in [2.75, 3.05) is 11.4 Å². The molecule has 0 saturated carbocycles. The third-order valence-electron chi connectivity index (χ3n) is 2.96. The van der Waals surface area contributed by atoms with Gasteiger partial charge in [-0.05, 0) is 25.1 Å². The Kier molecular flexibility index (Phi) is 3.18. The number of halogens is 1. The van der Waals surface area contributed by atoms with Crippen LogP contribution in [0, 0.1) is 11.7 Å². The lowest BCUT2D eigenvalue weighted by atomic mass is 10.0. The Balaban J connectivity index is 2.17. The first-order valence-electron chi connectivity index (χ1n) is 5.52. The molecule has 1 aromatic rings. The Morgan fingerprint density at radius 2 is 2.33 bits per heavy atom. The molecule has 18 heavy (non-hydrogen) atoms. The predicted molar refractivity (Wildman–Crippen MR) is 62.4 cm³/mol. The van der Waals surface area contributed by atoms with Crippen molar-refractivity contribution in [3.63, 3.8) is 0 Å². The van der Waals surface area contributed by atoms with Gasteiger partial charge >= 0.3 is 6.09 Å². The summed E-state index contributed by atoms with van der Waals surface area (Å²) in [6.07, 6.45) is -1.20. The maximum atomic E-state index is 13.1. The molecule has 96 valence electrons. The fourth-order valence-electron chi connectivity index (χ4n) is 1.78. The second-order valence-electron chi connectivity index (χ2n) is 4.20. The molecule has 1 aliphatic rings. The molecule has 0 aromatic heterocycles. The number of anilines is 1. The van der Waals surface area contributed by atoms with Crippen LogP contribution in [0.3, 0.4) is 0 Å². The molecule has 2 unspecified atom stereocenters. The molecular weight excluding hydrogens is 239 g/mol. The summed E-state index contributed by atoms with van der Waals surface area (Å²) >= 11 is 0. The van der Waals surface area contributed by atoms with E-state index < -0.39 is 29.8 Å². The number of benzene rings is 1. The zero-order chi connectivity index (χ0) is 13.3. The number of carbonyl (C=O) groups excluding carboxylic acids is 2. The van der Waals surface area contributed by atoms with Crippen LogP contribution >= 0.6 is 0 Å². The van der Waals surface area contributed by atoms with Crippen molar-refractivity contribution in [3.05, 3.63) is 30.1 Å². The Morgan fingerprint density at radius 1 is 1.61 bits per heavy atom. The number of nitrogens with two attached hydrogens (primary N) is 1. The number of hydrogen-bond acceptors (Lipinski definition) is 3. The van der Waals surface area contributed by atoms with Crippen LogP contribution in [0.4, 0.5) is 14.9 Å². The molecule has 0 aliphatic carbocycles. The van der Waals surface area contributed by atoms with Gasteiger partial charge in [-0.15, -0.1) is 0 Å². The average Bonchev–Trinajstić information content (AvgIpc) is 2.70. The maximum absolute atomic E-state index is 13.1. The molecule has 5 nitrogen and oxygen atoms in total. The Hall–Kier alpha value is -2.11. The van der Waals surface area contributed by atoms with E-state index in [-0.39, 0.29) is 6.54 Å². The van der Waals surface area contributed by atoms with E-state index >= 15 is 0 Å². The van der Waals surface area contributed by atoms with Crippen LogP contribution in [-0.4, -0.2) is 24.6 Å². The van der Waals surface area contributed by atoms with Gasteiger partial charge in [0.15, 0.2) is 0 Å². The van der Waals surface area contributed by atoms with Gasteiger partial charge in [0.05, 0.1) is 18.2 Å². The van der Waals surface area contributed by atoms with Gasteiger partial charge in [-0.2, -0.15) is 0 Å². The Bertz CT molecular complexity index is 492. The lowest BCUT2D eigenvalue weighted by molar-refractivity contribution is -0.123. The average molecular weight is 252 g/mol. The van der Waals surface area contributed by atoms with E-state index in [9.17, 15) is 14.0 Å². The fraction of sp³-hybridized carbons (Fsp3) is 0.333. The number of nitrogens with zero attached hydrogens (tertiary/aromatic N) is 1. The van der Waals surface area contributed by atoms with Crippen LogP contribution in [-0.2, 0) is 9.53 Å². The van der Waals surface area contributed by atoms with E-state index in [2.05, 4.69) is 0 Å². The number of hydrogen-bond donors (Lipinski definition) is 1. The predicted octanol–water partition coefficient (Wildman–Crippen LogP) is 1.27. The summed E-state index contributed by atoms with van der Waals surface area (Å²) in [5.74, 6) is -1.55. The first-order valence-corrected chi connectivity index (χ1v) is 5.52. The summed E-state index contributed by atoms with van der Waals surface area (Å²) in [4.78, 5) is 24.0. The normalized spacial score (nSPS) is 20.7. The molecule has 0 bridgehead atoms. The highest BCUT2D eigenvalue weighted by Gasteiger charge is 2.37. The molecule has 1 aromatic carbocycles. The van der Waals surface area contributed by atoms with E-state index in [1.165, 1.54) is 23.1 Å². The van der Waals surface area contributed by atoms with Crippen molar-refractivity contribution in [2.45, 2.75) is 13.0 Å². The molecule has 0 spiro atoms. The first kappa shape index (κ1) is 12.3. The second kappa shape index (κ2) is 4.64. The quantitative estimate of drug-likeness (QED) is 0.880. The molecule has 2 atom stereocenters. The van der Waals surface area contributed by atoms with Crippen LogP contribution < -0.4 is 10.6 Å². The number of amides is 2. The van der Waals surface area contributed by atoms with E-state index in [0.717, 1.165) is 0 Å². The van der Waals surface area contributed by atoms with Gasteiger partial charge in [-0.3, -0.25) is 9.69 Å². The van der Waals surface area contributed by atoms with Crippen molar-refractivity contribution in [1.29, 1.82) is 0 Å². The Morgan fingerprint density at radius 3 is 2.94 bits per heavy atom. The number of carbonyl (C=O) groups is 2. The van der Waals surface area contributed by atoms with E-state index in [4.69, 9.17) is 10.5 Å². The van der Waals surface area contributed by atoms with Gasteiger partial charge in [-0.25, -0.2) is 9.18 Å². The van der Waals surface area contributed by atoms with Crippen molar-refractivity contribution < 1.29 is 18.7 Å². The highest BCUT2D eigenvalue weighted by Crippen LogP contribution is 2.25. The standard InChI is InChI=1S/C12H13FN2O3/c1-7(11(14)16)10-6-15(12(17)18-10)9-4-2-3-8(13)5-9/h2-5,7,10H,6H2,1H3,(H2,14,16). The lowest BCUT2D eigenvalue weighted by Gasteiger charge is -2.14. The molecular formula is C12H13FN2O3. The summed E-state index contributed by atoms with van der Waals surface area (Å²) in [7, 11) is 0. The highest BCUT2D eigenvalue weighted by atomic mass is 19.1. The van der Waals surface area contributed by atoms with Gasteiger partial charge in [-0.1, -0.05) is 6.07 Å². The number of rotatable bonds is 3. The molecule has 6 heteroatoms. The minimum atomic E-state index is -0.599. The zero-order valence-electron chi connectivity index (χ0n) is 9.80. The molecule has 1 aliphatic heterocycles. The summed E-state index contributed by atoms with van der Waals surface area (Å²) in [6.45, 7) is 1.78. The van der Waals surface area contributed by atoms with Gasteiger partial charge in [0, 0.05) is 0 Å². The van der Waals surface area contributed by atoms with Crippen molar-refractivity contribution in [1.82, 2.24) is 0 Å². The van der Waals surface area contributed by atoms with Crippen LogP contribution in [0.1, 0.15) is 6.92 Å². The molecule has 1 fully saturated rings. The van der Waals surface area contributed by atoms with Crippen molar-refractivity contribution in [3.8, 4) is 0 Å². The molecule has 2 rings (SSSR count). The lowest BCUT2D eigenvalue weighted by Crippen LogP contribution is -2.34. The summed E-state index contributed by atoms with van der Waals surface area (Å²) in [5, 5.41) is 0. The zero-order valence-corrected chi connectivity index (χ0v) is 9.80.